The molecular formula is C19H15ClFN3O2S. The van der Waals surface area contributed by atoms with E-state index in [-0.39, 0.29) is 16.2 Å². The molecule has 0 unspecified atom stereocenters. The van der Waals surface area contributed by atoms with Crippen LogP contribution in [0, 0.1) is 17.1 Å². The Morgan fingerprint density at radius 1 is 1.33 bits per heavy atom. The van der Waals surface area contributed by atoms with E-state index in [1.807, 2.05) is 0 Å². The van der Waals surface area contributed by atoms with Gasteiger partial charge in [0.05, 0.1) is 10.6 Å². The van der Waals surface area contributed by atoms with Gasteiger partial charge < -0.3 is 11.1 Å². The van der Waals surface area contributed by atoms with Crippen LogP contribution in [0.3, 0.4) is 0 Å². The molecule has 1 aromatic heterocycles. The van der Waals surface area contributed by atoms with E-state index in [0.717, 1.165) is 42.2 Å². The molecule has 0 saturated heterocycles. The molecule has 1 aliphatic rings. The zero-order valence-corrected chi connectivity index (χ0v) is 15.7. The topological polar surface area (TPSA) is 96.0 Å². The second-order valence-corrected chi connectivity index (χ2v) is 7.55. The van der Waals surface area contributed by atoms with E-state index in [9.17, 15) is 19.2 Å². The Morgan fingerprint density at radius 3 is 2.74 bits per heavy atom. The number of hydrogen-bond acceptors (Lipinski definition) is 4. The van der Waals surface area contributed by atoms with Crippen LogP contribution in [0.4, 0.5) is 9.39 Å². The highest BCUT2D eigenvalue weighted by molar-refractivity contribution is 7.17. The van der Waals surface area contributed by atoms with Gasteiger partial charge in [-0.15, -0.1) is 11.3 Å². The Kier molecular flexibility index (Phi) is 5.59. The highest BCUT2D eigenvalue weighted by atomic mass is 35.5. The van der Waals surface area contributed by atoms with Crippen molar-refractivity contribution in [2.24, 2.45) is 5.73 Å². The van der Waals surface area contributed by atoms with Crippen LogP contribution in [-0.2, 0) is 17.6 Å². The number of nitriles is 1. The molecule has 138 valence electrons. The molecule has 8 heteroatoms. The number of nitrogens with one attached hydrogen (secondary N) is 1. The van der Waals surface area contributed by atoms with Crippen molar-refractivity contribution in [3.8, 4) is 6.07 Å². The number of aryl methyl sites for hydroxylation is 1. The number of nitrogens with zero attached hydrogens (tertiary/aromatic N) is 1. The summed E-state index contributed by atoms with van der Waals surface area (Å²) in [5.74, 6) is -2.02. The molecule has 3 rings (SSSR count). The summed E-state index contributed by atoms with van der Waals surface area (Å²) < 4.78 is 13.9. The smallest absolute Gasteiger partial charge is 0.266 e. The van der Waals surface area contributed by atoms with Crippen LogP contribution in [0.5, 0.6) is 0 Å². The Morgan fingerprint density at radius 2 is 2.07 bits per heavy atom. The minimum Gasteiger partial charge on any atom is -0.365 e. The molecule has 2 aromatic rings. The molecular weight excluding hydrogens is 389 g/mol. The van der Waals surface area contributed by atoms with Crippen LogP contribution in [0.25, 0.3) is 6.08 Å². The second-order valence-electron chi connectivity index (χ2n) is 6.04. The van der Waals surface area contributed by atoms with Crippen LogP contribution >= 0.6 is 22.9 Å². The standard InChI is InChI=1S/C19H15ClFN3O2S/c20-13-5-3-6-14(21)12(13)8-10(9-22)18(26)24-19-16(17(23)25)11-4-1-2-7-15(11)27-19/h3,5-6,8H,1-2,4,7H2,(H2,23,25)(H,24,26)/b10-8+. The van der Waals surface area contributed by atoms with Gasteiger partial charge in [0.15, 0.2) is 0 Å². The fraction of sp³-hybridized carbons (Fsp3) is 0.211. The zero-order valence-electron chi connectivity index (χ0n) is 14.1. The molecule has 0 spiro atoms. The molecule has 2 amide bonds. The highest BCUT2D eigenvalue weighted by Gasteiger charge is 2.25. The van der Waals surface area contributed by atoms with Crippen LogP contribution < -0.4 is 11.1 Å². The first kappa shape index (κ1) is 19.1. The summed E-state index contributed by atoms with van der Waals surface area (Å²) in [7, 11) is 0. The van der Waals surface area contributed by atoms with Gasteiger partial charge >= 0.3 is 0 Å². The van der Waals surface area contributed by atoms with Crippen molar-refractivity contribution < 1.29 is 14.0 Å². The van der Waals surface area contributed by atoms with E-state index < -0.39 is 17.6 Å². The number of carbonyl (C=O) groups excluding carboxylic acids is 2. The summed E-state index contributed by atoms with van der Waals surface area (Å²) in [4.78, 5) is 25.5. The molecule has 1 aromatic carbocycles. The Balaban J connectivity index is 1.95. The number of hydrogen-bond donors (Lipinski definition) is 2. The number of benzene rings is 1. The first-order valence-electron chi connectivity index (χ1n) is 8.24. The fourth-order valence-electron chi connectivity index (χ4n) is 3.03. The lowest BCUT2D eigenvalue weighted by Gasteiger charge is -2.11. The zero-order chi connectivity index (χ0) is 19.6. The van der Waals surface area contributed by atoms with Gasteiger partial charge in [0.1, 0.15) is 22.5 Å². The molecule has 0 atom stereocenters. The van der Waals surface area contributed by atoms with Crippen molar-refractivity contribution in [3.05, 3.63) is 56.2 Å². The monoisotopic (exact) mass is 403 g/mol. The maximum Gasteiger partial charge on any atom is 0.266 e. The summed E-state index contributed by atoms with van der Waals surface area (Å²) in [5.41, 5.74) is 6.29. The molecule has 0 saturated carbocycles. The third-order valence-electron chi connectivity index (χ3n) is 4.30. The van der Waals surface area contributed by atoms with E-state index in [0.29, 0.717) is 10.6 Å². The lowest BCUT2D eigenvalue weighted by Crippen LogP contribution is -2.19. The lowest BCUT2D eigenvalue weighted by molar-refractivity contribution is -0.112. The minimum absolute atomic E-state index is 0.0496. The van der Waals surface area contributed by atoms with Crippen molar-refractivity contribution in [1.29, 1.82) is 5.26 Å². The normalized spacial score (nSPS) is 13.6. The van der Waals surface area contributed by atoms with Gasteiger partial charge in [0.25, 0.3) is 11.8 Å². The number of rotatable bonds is 4. The molecule has 0 radical (unpaired) electrons. The van der Waals surface area contributed by atoms with Crippen molar-refractivity contribution >= 4 is 45.8 Å². The van der Waals surface area contributed by atoms with Crippen molar-refractivity contribution in [3.63, 3.8) is 0 Å². The average Bonchev–Trinajstić information content (AvgIpc) is 2.99. The van der Waals surface area contributed by atoms with E-state index in [1.54, 1.807) is 6.07 Å². The molecule has 1 aliphatic carbocycles. The van der Waals surface area contributed by atoms with E-state index in [2.05, 4.69) is 5.32 Å². The first-order valence-corrected chi connectivity index (χ1v) is 9.43. The number of fused-ring (bicyclic) bond motifs is 1. The lowest BCUT2D eigenvalue weighted by atomic mass is 9.95. The first-order chi connectivity index (χ1) is 12.9. The van der Waals surface area contributed by atoms with E-state index in [1.165, 1.54) is 29.5 Å². The van der Waals surface area contributed by atoms with Gasteiger partial charge in [-0.1, -0.05) is 17.7 Å². The molecule has 0 aliphatic heterocycles. The minimum atomic E-state index is -0.752. The third kappa shape index (κ3) is 3.87. The van der Waals surface area contributed by atoms with Gasteiger partial charge in [-0.05, 0) is 49.5 Å². The third-order valence-corrected chi connectivity index (χ3v) is 5.84. The predicted molar refractivity (Wildman–Crippen MR) is 103 cm³/mol. The number of halogens is 2. The number of primary amides is 1. The van der Waals surface area contributed by atoms with E-state index in [4.69, 9.17) is 17.3 Å². The maximum absolute atomic E-state index is 13.9. The summed E-state index contributed by atoms with van der Waals surface area (Å²) in [6, 6.07) is 5.82. The second kappa shape index (κ2) is 7.91. The van der Waals surface area contributed by atoms with Gasteiger partial charge in [-0.3, -0.25) is 9.59 Å². The number of thiophene rings is 1. The van der Waals surface area contributed by atoms with Crippen molar-refractivity contribution in [2.75, 3.05) is 5.32 Å². The number of nitrogens with two attached hydrogens (primary N) is 1. The van der Waals surface area contributed by atoms with E-state index >= 15 is 0 Å². The Hall–Kier alpha value is -2.69. The van der Waals surface area contributed by atoms with Gasteiger partial charge in [0.2, 0.25) is 0 Å². The summed E-state index contributed by atoms with van der Waals surface area (Å²) in [6.07, 6.45) is 4.60. The van der Waals surface area contributed by atoms with Crippen LogP contribution in [0.1, 0.15) is 39.2 Å². The molecule has 27 heavy (non-hydrogen) atoms. The predicted octanol–water partition coefficient (Wildman–Crippen LogP) is 4.06. The van der Waals surface area contributed by atoms with Crippen LogP contribution in [0.15, 0.2) is 23.8 Å². The SMILES string of the molecule is N#C/C(=C\c1c(F)cccc1Cl)C(=O)Nc1sc2c(c1C(N)=O)CCCC2. The maximum atomic E-state index is 13.9. The fourth-order valence-corrected chi connectivity index (χ4v) is 4.53. The number of anilines is 1. The van der Waals surface area contributed by atoms with Crippen LogP contribution in [0.2, 0.25) is 5.02 Å². The molecule has 0 bridgehead atoms. The number of carbonyl (C=O) groups is 2. The summed E-state index contributed by atoms with van der Waals surface area (Å²) in [5, 5.41) is 12.3. The number of amides is 2. The van der Waals surface area contributed by atoms with Crippen LogP contribution in [-0.4, -0.2) is 11.8 Å². The quantitative estimate of drug-likeness (QED) is 0.595. The Bertz CT molecular complexity index is 987. The highest BCUT2D eigenvalue weighted by Crippen LogP contribution is 2.38. The van der Waals surface area contributed by atoms with Crippen molar-refractivity contribution in [2.45, 2.75) is 25.7 Å². The largest absolute Gasteiger partial charge is 0.365 e. The summed E-state index contributed by atoms with van der Waals surface area (Å²) >= 11 is 7.24. The molecule has 0 fully saturated rings. The van der Waals surface area contributed by atoms with Gasteiger partial charge in [-0.25, -0.2) is 4.39 Å². The van der Waals surface area contributed by atoms with Gasteiger partial charge in [0, 0.05) is 10.4 Å². The summed E-state index contributed by atoms with van der Waals surface area (Å²) in [6.45, 7) is 0. The molecule has 1 heterocycles. The molecule has 3 N–H and O–H groups in total. The Labute approximate surface area is 164 Å². The van der Waals surface area contributed by atoms with Gasteiger partial charge in [-0.2, -0.15) is 5.26 Å². The average molecular weight is 404 g/mol. The van der Waals surface area contributed by atoms with Crippen molar-refractivity contribution in [1.82, 2.24) is 0 Å². The molecule has 5 nitrogen and oxygen atoms in total.